The van der Waals surface area contributed by atoms with E-state index in [2.05, 4.69) is 39.9 Å². The van der Waals surface area contributed by atoms with Crippen LogP contribution in [0.4, 0.5) is 0 Å². The Bertz CT molecular complexity index is 1300. The van der Waals surface area contributed by atoms with Crippen molar-refractivity contribution in [2.75, 3.05) is 26.2 Å². The van der Waals surface area contributed by atoms with Gasteiger partial charge in [0.2, 0.25) is 11.8 Å². The fraction of sp³-hybridized carbons (Fsp3) is 0.324. The lowest BCUT2D eigenvalue weighted by atomic mass is 9.90. The van der Waals surface area contributed by atoms with E-state index in [1.165, 1.54) is 11.1 Å². The van der Waals surface area contributed by atoms with E-state index >= 15 is 0 Å². The molecular formula is C34H42N6O2. The van der Waals surface area contributed by atoms with Crippen LogP contribution < -0.4 is 22.1 Å². The predicted molar refractivity (Wildman–Crippen MR) is 170 cm³/mol. The maximum Gasteiger partial charge on any atom is 0.246 e. The number of benzene rings is 3. The van der Waals surface area contributed by atoms with Gasteiger partial charge in [-0.2, -0.15) is 0 Å². The molecule has 8 nitrogen and oxygen atoms in total. The van der Waals surface area contributed by atoms with Crippen molar-refractivity contribution in [2.24, 2.45) is 16.5 Å². The Morgan fingerprint density at radius 1 is 1.00 bits per heavy atom. The van der Waals surface area contributed by atoms with E-state index < -0.39 is 6.04 Å². The van der Waals surface area contributed by atoms with E-state index in [0.717, 1.165) is 5.56 Å². The van der Waals surface area contributed by atoms with Gasteiger partial charge in [-0.3, -0.25) is 14.6 Å². The minimum atomic E-state index is -0.406. The molecule has 1 fully saturated rings. The molecule has 220 valence electrons. The molecule has 4 rings (SSSR count). The van der Waals surface area contributed by atoms with Gasteiger partial charge >= 0.3 is 0 Å². The molecule has 0 radical (unpaired) electrons. The van der Waals surface area contributed by atoms with Gasteiger partial charge in [-0.25, -0.2) is 0 Å². The number of rotatable bonds is 12. The highest BCUT2D eigenvalue weighted by Gasteiger charge is 2.32. The summed E-state index contributed by atoms with van der Waals surface area (Å²) in [5.74, 6) is 0.0293. The zero-order chi connectivity index (χ0) is 29.7. The molecule has 0 spiro atoms. The van der Waals surface area contributed by atoms with Gasteiger partial charge in [-0.1, -0.05) is 91.0 Å². The summed E-state index contributed by atoms with van der Waals surface area (Å²) in [6.45, 7) is 3.84. The lowest BCUT2D eigenvalue weighted by Gasteiger charge is -2.29. The second-order valence-corrected chi connectivity index (χ2v) is 10.8. The molecule has 0 bridgehead atoms. The van der Waals surface area contributed by atoms with Crippen molar-refractivity contribution in [2.45, 2.75) is 44.2 Å². The molecule has 3 aromatic carbocycles. The molecular weight excluding hydrogens is 524 g/mol. The van der Waals surface area contributed by atoms with E-state index in [9.17, 15) is 9.59 Å². The average molecular weight is 567 g/mol. The summed E-state index contributed by atoms with van der Waals surface area (Å²) in [7, 11) is 0. The van der Waals surface area contributed by atoms with Crippen LogP contribution in [0.5, 0.6) is 0 Å². The van der Waals surface area contributed by atoms with E-state index in [1.54, 1.807) is 0 Å². The fourth-order valence-electron chi connectivity index (χ4n) is 5.35. The zero-order valence-electron chi connectivity index (χ0n) is 24.3. The standard InChI is InChI=1S/C34H42N6O2/c1-25(22-26-12-5-2-6-13-26)32(41)38-23-29-19-21-40(33(42)31(39-29)18-11-20-37-34(35)36)24-30(27-14-7-3-8-15-27)28-16-9-4-10-17-28/h2-10,12-17,22,29-31,39H,11,18-21,23-24H2,1H3,(H,38,41)(H4,35,36,37)/b25-22+/t29-,31-/m0/s1. The molecule has 8 heteroatoms. The highest BCUT2D eigenvalue weighted by Crippen LogP contribution is 2.27. The van der Waals surface area contributed by atoms with Crippen LogP contribution in [0.2, 0.25) is 0 Å². The first-order valence-electron chi connectivity index (χ1n) is 14.6. The smallest absolute Gasteiger partial charge is 0.246 e. The molecule has 0 aliphatic carbocycles. The number of nitrogens with two attached hydrogens (primary N) is 2. The van der Waals surface area contributed by atoms with Gasteiger partial charge in [-0.05, 0) is 49.0 Å². The van der Waals surface area contributed by atoms with Crippen molar-refractivity contribution in [1.29, 1.82) is 0 Å². The highest BCUT2D eigenvalue weighted by atomic mass is 16.2. The fourth-order valence-corrected chi connectivity index (χ4v) is 5.35. The number of carbonyl (C=O) groups excluding carboxylic acids is 2. The van der Waals surface area contributed by atoms with Crippen molar-refractivity contribution in [1.82, 2.24) is 15.5 Å². The zero-order valence-corrected chi connectivity index (χ0v) is 24.3. The van der Waals surface area contributed by atoms with E-state index in [1.807, 2.05) is 84.6 Å². The first kappa shape index (κ1) is 30.5. The van der Waals surface area contributed by atoms with Crippen molar-refractivity contribution in [3.63, 3.8) is 0 Å². The molecule has 1 aliphatic heterocycles. The Morgan fingerprint density at radius 2 is 1.60 bits per heavy atom. The summed E-state index contributed by atoms with van der Waals surface area (Å²) in [6.07, 6.45) is 3.84. The maximum atomic E-state index is 13.9. The molecule has 1 heterocycles. The number of nitrogens with one attached hydrogen (secondary N) is 2. The summed E-state index contributed by atoms with van der Waals surface area (Å²) in [5.41, 5.74) is 15.0. The van der Waals surface area contributed by atoms with Crippen molar-refractivity contribution in [3.8, 4) is 0 Å². The van der Waals surface area contributed by atoms with Crippen LogP contribution in [-0.2, 0) is 9.59 Å². The Morgan fingerprint density at radius 3 is 2.19 bits per heavy atom. The molecule has 1 saturated heterocycles. The minimum Gasteiger partial charge on any atom is -0.370 e. The summed E-state index contributed by atoms with van der Waals surface area (Å²) >= 11 is 0. The Balaban J connectivity index is 1.48. The molecule has 0 aromatic heterocycles. The van der Waals surface area contributed by atoms with Crippen LogP contribution in [0.15, 0.2) is 102 Å². The summed E-state index contributed by atoms with van der Waals surface area (Å²) in [6, 6.07) is 30.0. The predicted octanol–water partition coefficient (Wildman–Crippen LogP) is 3.65. The summed E-state index contributed by atoms with van der Waals surface area (Å²) < 4.78 is 0. The van der Waals surface area contributed by atoms with Gasteiger partial charge in [0.15, 0.2) is 5.96 Å². The Labute approximate surface area is 248 Å². The van der Waals surface area contributed by atoms with Crippen LogP contribution in [0.25, 0.3) is 6.08 Å². The number of guanidine groups is 1. The molecule has 0 saturated carbocycles. The quantitative estimate of drug-likeness (QED) is 0.115. The lowest BCUT2D eigenvalue weighted by Crippen LogP contribution is -2.49. The topological polar surface area (TPSA) is 126 Å². The van der Waals surface area contributed by atoms with Crippen LogP contribution in [-0.4, -0.2) is 60.9 Å². The van der Waals surface area contributed by atoms with Gasteiger partial charge < -0.3 is 27.0 Å². The molecule has 2 amide bonds. The number of carbonyl (C=O) groups is 2. The molecule has 3 aromatic rings. The van der Waals surface area contributed by atoms with Crippen LogP contribution >= 0.6 is 0 Å². The molecule has 2 atom stereocenters. The third-order valence-corrected chi connectivity index (χ3v) is 7.60. The van der Waals surface area contributed by atoms with Crippen LogP contribution in [0, 0.1) is 0 Å². The second-order valence-electron chi connectivity index (χ2n) is 10.8. The molecule has 0 unspecified atom stereocenters. The van der Waals surface area contributed by atoms with Crippen LogP contribution in [0.1, 0.15) is 48.8 Å². The molecule has 1 aliphatic rings. The van der Waals surface area contributed by atoms with Gasteiger partial charge in [0.1, 0.15) is 0 Å². The number of nitrogens with zero attached hydrogens (tertiary/aromatic N) is 2. The SMILES string of the molecule is C/C(=C\c1ccccc1)C(=O)NC[C@@H]1CCN(CC(c2ccccc2)c2ccccc2)C(=O)[C@H](CCCN=C(N)N)N1. The maximum absolute atomic E-state index is 13.9. The number of hydrogen-bond acceptors (Lipinski definition) is 4. The summed E-state index contributed by atoms with van der Waals surface area (Å²) in [5, 5.41) is 6.61. The molecule has 42 heavy (non-hydrogen) atoms. The van der Waals surface area contributed by atoms with E-state index in [4.69, 9.17) is 11.5 Å². The van der Waals surface area contributed by atoms with Gasteiger partial charge in [0.05, 0.1) is 6.04 Å². The van der Waals surface area contributed by atoms with Gasteiger partial charge in [-0.15, -0.1) is 0 Å². The first-order chi connectivity index (χ1) is 20.4. The third kappa shape index (κ3) is 9.04. The normalized spacial score (nSPS) is 17.5. The first-order valence-corrected chi connectivity index (χ1v) is 14.6. The van der Waals surface area contributed by atoms with Gasteiger partial charge in [0, 0.05) is 43.7 Å². The Kier molecular flexibility index (Phi) is 11.3. The average Bonchev–Trinajstić information content (AvgIpc) is 3.16. The second kappa shape index (κ2) is 15.5. The van der Waals surface area contributed by atoms with E-state index in [-0.39, 0.29) is 29.7 Å². The highest BCUT2D eigenvalue weighted by molar-refractivity contribution is 5.97. The Hall–Kier alpha value is -4.43. The number of amides is 2. The lowest BCUT2D eigenvalue weighted by molar-refractivity contribution is -0.133. The largest absolute Gasteiger partial charge is 0.370 e. The van der Waals surface area contributed by atoms with Crippen molar-refractivity contribution in [3.05, 3.63) is 113 Å². The third-order valence-electron chi connectivity index (χ3n) is 7.60. The van der Waals surface area contributed by atoms with Gasteiger partial charge in [0.25, 0.3) is 0 Å². The molecule has 6 N–H and O–H groups in total. The van der Waals surface area contributed by atoms with Crippen LogP contribution in [0.3, 0.4) is 0 Å². The number of hydrogen-bond donors (Lipinski definition) is 4. The van der Waals surface area contributed by atoms with E-state index in [0.29, 0.717) is 51.0 Å². The minimum absolute atomic E-state index is 0.0423. The van der Waals surface area contributed by atoms with Crippen molar-refractivity contribution < 1.29 is 9.59 Å². The number of aliphatic imine (C=N–C) groups is 1. The summed E-state index contributed by atoms with van der Waals surface area (Å²) in [4.78, 5) is 32.9. The monoisotopic (exact) mass is 566 g/mol. The van der Waals surface area contributed by atoms with Crippen molar-refractivity contribution >= 4 is 23.8 Å².